The quantitative estimate of drug-likeness (QED) is 0.643. The van der Waals surface area contributed by atoms with Crippen LogP contribution in [0.4, 0.5) is 0 Å². The Kier molecular flexibility index (Phi) is 2.38. The lowest BCUT2D eigenvalue weighted by atomic mass is 10.6. The number of rotatable bonds is 1. The molecule has 1 aromatic heterocycles. The van der Waals surface area contributed by atoms with Gasteiger partial charge in [0.15, 0.2) is 0 Å². The summed E-state index contributed by atoms with van der Waals surface area (Å²) < 4.78 is 23.7. The second kappa shape index (κ2) is 3.70. The molecule has 0 aliphatic carbocycles. The first-order chi connectivity index (χ1) is 7.21. The minimum absolute atomic E-state index is 0.0174. The van der Waals surface area contributed by atoms with Crippen LogP contribution < -0.4 is 4.99 Å². The maximum Gasteiger partial charge on any atom is 0.462 e. The zero-order valence-electron chi connectivity index (χ0n) is 7.48. The van der Waals surface area contributed by atoms with Crippen molar-refractivity contribution < 1.29 is 8.42 Å². The molecule has 0 N–H and O–H groups in total. The summed E-state index contributed by atoms with van der Waals surface area (Å²) in [6.45, 7) is 0. The number of hydrogen-bond donors (Lipinski definition) is 0. The van der Waals surface area contributed by atoms with Gasteiger partial charge in [-0.2, -0.15) is 0 Å². The van der Waals surface area contributed by atoms with E-state index in [-0.39, 0.29) is 10.1 Å². The number of sulfone groups is 1. The number of nitrogens with zero attached hydrogens (tertiary/aromatic N) is 4. The van der Waals surface area contributed by atoms with Crippen molar-refractivity contribution in [1.82, 2.24) is 15.0 Å². The van der Waals surface area contributed by atoms with Gasteiger partial charge in [0.1, 0.15) is 23.6 Å². The lowest BCUT2D eigenvalue weighted by Gasteiger charge is -1.95. The predicted octanol–water partition coefficient (Wildman–Crippen LogP) is -0.460. The van der Waals surface area contributed by atoms with Gasteiger partial charge >= 0.3 is 5.17 Å². The summed E-state index contributed by atoms with van der Waals surface area (Å²) in [4.78, 5) is 14.6. The second-order valence-corrected chi connectivity index (χ2v) is 4.45. The molecule has 2 heterocycles. The van der Waals surface area contributed by atoms with Crippen molar-refractivity contribution in [2.45, 2.75) is 4.90 Å². The third-order valence-corrected chi connectivity index (χ3v) is 3.15. The van der Waals surface area contributed by atoms with Crippen molar-refractivity contribution in [3.8, 4) is 0 Å². The molecule has 0 atom stereocenters. The van der Waals surface area contributed by atoms with Gasteiger partial charge in [0.25, 0.3) is 9.84 Å². The monoisotopic (exact) mass is 222 g/mol. The highest BCUT2D eigenvalue weighted by atomic mass is 32.2. The topological polar surface area (TPSA) is 86.4 Å². The molecular weight excluding hydrogens is 216 g/mol. The molecule has 0 amide bonds. The van der Waals surface area contributed by atoms with Crippen molar-refractivity contribution in [2.75, 3.05) is 0 Å². The van der Waals surface area contributed by atoms with Gasteiger partial charge < -0.3 is 0 Å². The van der Waals surface area contributed by atoms with E-state index in [0.29, 0.717) is 0 Å². The minimum Gasteiger partial charge on any atom is -0.243 e. The van der Waals surface area contributed by atoms with Crippen LogP contribution in [0.2, 0.25) is 0 Å². The molecule has 1 aliphatic heterocycles. The van der Waals surface area contributed by atoms with Gasteiger partial charge in [0.05, 0.1) is 0 Å². The van der Waals surface area contributed by atoms with Crippen LogP contribution in [-0.2, 0) is 9.84 Å². The first kappa shape index (κ1) is 9.66. The van der Waals surface area contributed by atoms with Gasteiger partial charge in [-0.1, -0.05) is 0 Å². The number of aromatic nitrogens is 2. The summed E-state index contributed by atoms with van der Waals surface area (Å²) in [7, 11) is -3.69. The summed E-state index contributed by atoms with van der Waals surface area (Å²) in [5.41, 5.74) is 0. The van der Waals surface area contributed by atoms with Crippen LogP contribution in [-0.4, -0.2) is 29.8 Å². The Bertz CT molecular complexity index is 545. The Balaban J connectivity index is 2.50. The van der Waals surface area contributed by atoms with E-state index in [9.17, 15) is 8.42 Å². The average molecular weight is 222 g/mol. The Morgan fingerprint density at radius 1 is 1.20 bits per heavy atom. The Morgan fingerprint density at radius 2 is 1.93 bits per heavy atom. The highest BCUT2D eigenvalue weighted by Gasteiger charge is 2.31. The SMILES string of the molecule is O=S(=O)(C1=NC=CC=[N+]1)c1cncnc1. The van der Waals surface area contributed by atoms with Crippen LogP contribution in [0.1, 0.15) is 0 Å². The molecule has 1 radical (unpaired) electrons. The zero-order valence-corrected chi connectivity index (χ0v) is 8.29. The van der Waals surface area contributed by atoms with Gasteiger partial charge in [-0.25, -0.2) is 18.4 Å². The maximum absolute atomic E-state index is 11.8. The van der Waals surface area contributed by atoms with E-state index in [1.54, 1.807) is 6.08 Å². The van der Waals surface area contributed by atoms with Gasteiger partial charge in [-0.05, 0) is 9.98 Å². The van der Waals surface area contributed by atoms with Gasteiger partial charge in [0.2, 0.25) is 0 Å². The van der Waals surface area contributed by atoms with Crippen LogP contribution in [0.15, 0.2) is 40.9 Å². The Labute approximate surface area is 86.1 Å². The molecule has 0 spiro atoms. The van der Waals surface area contributed by atoms with Gasteiger partial charge in [0, 0.05) is 18.5 Å². The lowest BCUT2D eigenvalue weighted by Crippen LogP contribution is -2.21. The third kappa shape index (κ3) is 1.82. The van der Waals surface area contributed by atoms with E-state index in [0.717, 1.165) is 0 Å². The average Bonchev–Trinajstić information content (AvgIpc) is 2.31. The summed E-state index contributed by atoms with van der Waals surface area (Å²) in [5.74, 6) is 0. The smallest absolute Gasteiger partial charge is 0.243 e. The van der Waals surface area contributed by atoms with E-state index in [4.69, 9.17) is 0 Å². The van der Waals surface area contributed by atoms with E-state index < -0.39 is 9.84 Å². The molecule has 15 heavy (non-hydrogen) atoms. The van der Waals surface area contributed by atoms with E-state index in [1.807, 2.05) is 0 Å². The van der Waals surface area contributed by atoms with Crippen molar-refractivity contribution in [3.05, 3.63) is 31.0 Å². The fourth-order valence-electron chi connectivity index (χ4n) is 0.954. The second-order valence-electron chi connectivity index (χ2n) is 2.61. The van der Waals surface area contributed by atoms with Crippen molar-refractivity contribution in [2.24, 2.45) is 4.99 Å². The van der Waals surface area contributed by atoms with Crippen LogP contribution >= 0.6 is 0 Å². The largest absolute Gasteiger partial charge is 0.462 e. The summed E-state index contributed by atoms with van der Waals surface area (Å²) in [5, 5.41) is -0.250. The molecule has 0 saturated carbocycles. The van der Waals surface area contributed by atoms with Crippen molar-refractivity contribution in [1.29, 1.82) is 0 Å². The highest BCUT2D eigenvalue weighted by Crippen LogP contribution is 2.08. The molecule has 0 saturated heterocycles. The summed E-state index contributed by atoms with van der Waals surface area (Å²) in [6, 6.07) is 0. The van der Waals surface area contributed by atoms with Crippen LogP contribution in [0, 0.1) is 0 Å². The van der Waals surface area contributed by atoms with Gasteiger partial charge in [-0.3, -0.25) is 0 Å². The number of aliphatic imine (C=N–C) groups is 2. The highest BCUT2D eigenvalue weighted by molar-refractivity contribution is 8.06. The summed E-state index contributed by atoms with van der Waals surface area (Å²) >= 11 is 0. The van der Waals surface area contributed by atoms with E-state index in [1.165, 1.54) is 31.1 Å². The fourth-order valence-corrected chi connectivity index (χ4v) is 1.96. The van der Waals surface area contributed by atoms with Crippen LogP contribution in [0.3, 0.4) is 0 Å². The van der Waals surface area contributed by atoms with Gasteiger partial charge in [-0.15, -0.1) is 0 Å². The van der Waals surface area contributed by atoms with E-state index in [2.05, 4.69) is 20.0 Å². The first-order valence-corrected chi connectivity index (χ1v) is 5.47. The third-order valence-electron chi connectivity index (χ3n) is 1.63. The molecule has 0 fully saturated rings. The summed E-state index contributed by atoms with van der Waals surface area (Å²) in [6.07, 6.45) is 7.94. The van der Waals surface area contributed by atoms with Crippen molar-refractivity contribution in [3.63, 3.8) is 0 Å². The minimum atomic E-state index is -3.69. The Morgan fingerprint density at radius 3 is 2.53 bits per heavy atom. The fraction of sp³-hybridized carbons (Fsp3) is 0. The lowest BCUT2D eigenvalue weighted by molar-refractivity contribution is 0.605. The standard InChI is InChI=1S/C8H6N4O2S/c13-15(14,7-4-9-6-10-5-7)8-11-2-1-3-12-8/h1-6H/q+1. The predicted molar refractivity (Wildman–Crippen MR) is 54.0 cm³/mol. The zero-order chi connectivity index (χ0) is 10.7. The number of amidine groups is 1. The molecule has 1 aromatic rings. The Hall–Kier alpha value is -1.89. The van der Waals surface area contributed by atoms with Crippen LogP contribution in [0.5, 0.6) is 0 Å². The number of hydrogen-bond acceptors (Lipinski definition) is 6. The van der Waals surface area contributed by atoms with E-state index >= 15 is 0 Å². The molecule has 1 aliphatic rings. The first-order valence-electron chi connectivity index (χ1n) is 3.98. The van der Waals surface area contributed by atoms with Crippen molar-refractivity contribution >= 4 is 21.2 Å². The normalized spacial score (nSPS) is 15.1. The molecule has 6 nitrogen and oxygen atoms in total. The molecule has 7 heteroatoms. The molecule has 2 rings (SSSR count). The molecular formula is C8H6N4O2S+. The number of allylic oxidation sites excluding steroid dienone is 1. The maximum atomic E-state index is 11.8. The van der Waals surface area contributed by atoms with Crippen LogP contribution in [0.25, 0.3) is 0 Å². The molecule has 0 bridgehead atoms. The molecule has 0 unspecified atom stereocenters. The molecule has 75 valence electrons. The molecule has 0 aromatic carbocycles.